The maximum Gasteiger partial charge on any atom is 0.0463 e. The summed E-state index contributed by atoms with van der Waals surface area (Å²) in [5.41, 5.74) is 1.37. The molecule has 92 valence electrons. The molecule has 0 aliphatic rings. The summed E-state index contributed by atoms with van der Waals surface area (Å²) in [5.74, 6) is 0.571. The second-order valence-corrected chi connectivity index (χ2v) is 7.38. The van der Waals surface area contributed by atoms with E-state index >= 15 is 0 Å². The van der Waals surface area contributed by atoms with Gasteiger partial charge in [-0.15, -0.1) is 15.8 Å². The minimum atomic E-state index is -0.199. The van der Waals surface area contributed by atoms with E-state index in [1.54, 1.807) is 0 Å². The van der Waals surface area contributed by atoms with Gasteiger partial charge in [0.15, 0.2) is 0 Å². The molecule has 0 aromatic rings. The molecule has 0 spiro atoms. The summed E-state index contributed by atoms with van der Waals surface area (Å²) < 4.78 is -0.199. The fraction of sp³-hybridized carbons (Fsp3) is 0.571. The predicted octanol–water partition coefficient (Wildman–Crippen LogP) is 4.65. The fourth-order valence-electron chi connectivity index (χ4n) is 1.09. The van der Waals surface area contributed by atoms with Crippen molar-refractivity contribution in [1.29, 1.82) is 0 Å². The van der Waals surface area contributed by atoms with E-state index in [0.29, 0.717) is 5.92 Å². The van der Waals surface area contributed by atoms with Crippen LogP contribution in [0.15, 0.2) is 36.5 Å². The van der Waals surface area contributed by atoms with Crippen LogP contribution in [0.4, 0.5) is 0 Å². The molecule has 0 radical (unpaired) electrons. The highest BCUT2D eigenvalue weighted by molar-refractivity contribution is 7.82. The zero-order chi connectivity index (χ0) is 13.0. The highest BCUT2D eigenvalue weighted by Crippen LogP contribution is 2.26. The van der Waals surface area contributed by atoms with Crippen LogP contribution in [-0.4, -0.2) is 9.90 Å². The zero-order valence-corrected chi connectivity index (χ0v) is 13.2. The number of hydrogen-bond acceptors (Lipinski definition) is 1. The summed E-state index contributed by atoms with van der Waals surface area (Å²) in [6.45, 7) is 14.6. The quantitative estimate of drug-likeness (QED) is 0.413. The van der Waals surface area contributed by atoms with Gasteiger partial charge < -0.3 is 0 Å². The molecule has 2 heteroatoms. The molecule has 3 unspecified atom stereocenters. The van der Waals surface area contributed by atoms with Crippen LogP contribution in [-0.2, 0) is 0 Å². The van der Waals surface area contributed by atoms with Crippen LogP contribution in [0.3, 0.4) is 0 Å². The monoisotopic (exact) mass is 256 g/mol. The van der Waals surface area contributed by atoms with Gasteiger partial charge in [0.05, 0.1) is 0 Å². The van der Waals surface area contributed by atoms with E-state index in [-0.39, 0.29) is 9.90 Å². The van der Waals surface area contributed by atoms with E-state index in [0.717, 1.165) is 0 Å². The molecule has 0 heterocycles. The topological polar surface area (TPSA) is 0 Å². The largest absolute Gasteiger partial charge is 0.164 e. The smallest absolute Gasteiger partial charge is 0.0463 e. The molecule has 0 aliphatic carbocycles. The van der Waals surface area contributed by atoms with E-state index in [1.807, 2.05) is 6.08 Å². The predicted molar refractivity (Wildman–Crippen MR) is 83.4 cm³/mol. The van der Waals surface area contributed by atoms with Crippen molar-refractivity contribution in [3.63, 3.8) is 0 Å². The van der Waals surface area contributed by atoms with Gasteiger partial charge in [-0.05, 0) is 26.7 Å². The maximum absolute atomic E-state index is 4.66. The van der Waals surface area contributed by atoms with Crippen molar-refractivity contribution >= 4 is 21.9 Å². The van der Waals surface area contributed by atoms with Crippen LogP contribution in [0.2, 0.25) is 0 Å². The summed E-state index contributed by atoms with van der Waals surface area (Å²) in [7, 11) is 2.77. The Bertz CT molecular complexity index is 296. The van der Waals surface area contributed by atoms with Crippen molar-refractivity contribution in [2.24, 2.45) is 5.92 Å². The van der Waals surface area contributed by atoms with Crippen molar-refractivity contribution in [2.75, 3.05) is 0 Å². The lowest BCUT2D eigenvalue weighted by atomic mass is 9.98. The van der Waals surface area contributed by atoms with Crippen LogP contribution in [0.1, 0.15) is 34.6 Å². The molecular weight excluding hydrogens is 231 g/mol. The molecular formula is C14H25PS. The van der Waals surface area contributed by atoms with Crippen LogP contribution in [0.5, 0.6) is 0 Å². The first-order chi connectivity index (χ1) is 7.09. The summed E-state index contributed by atoms with van der Waals surface area (Å²) in [6, 6.07) is 0. The van der Waals surface area contributed by atoms with Gasteiger partial charge in [0.1, 0.15) is 0 Å². The van der Waals surface area contributed by atoms with E-state index in [2.05, 4.69) is 81.3 Å². The van der Waals surface area contributed by atoms with Gasteiger partial charge in [-0.2, -0.15) is 12.6 Å². The fourth-order valence-corrected chi connectivity index (χ4v) is 1.47. The van der Waals surface area contributed by atoms with Crippen molar-refractivity contribution in [3.05, 3.63) is 36.5 Å². The van der Waals surface area contributed by atoms with E-state index in [4.69, 9.17) is 0 Å². The Balaban J connectivity index is 4.83. The molecule has 16 heavy (non-hydrogen) atoms. The molecule has 0 aromatic heterocycles. The van der Waals surface area contributed by atoms with Crippen molar-refractivity contribution in [3.8, 4) is 0 Å². The highest BCUT2D eigenvalue weighted by Gasteiger charge is 2.15. The molecule has 0 saturated heterocycles. The number of allylic oxidation sites excluding steroid dienone is 3. The summed E-state index contributed by atoms with van der Waals surface area (Å²) in [4.78, 5) is 0. The maximum atomic E-state index is 4.66. The summed E-state index contributed by atoms with van der Waals surface area (Å²) in [5, 5.41) is -0.0520. The van der Waals surface area contributed by atoms with Gasteiger partial charge in [0.25, 0.3) is 0 Å². The molecule has 0 aliphatic heterocycles. The molecule has 0 fully saturated rings. The minimum absolute atomic E-state index is 0.0520. The third-order valence-electron chi connectivity index (χ3n) is 2.65. The number of thiol groups is 1. The van der Waals surface area contributed by atoms with Crippen LogP contribution in [0, 0.1) is 5.92 Å². The third kappa shape index (κ3) is 6.55. The molecule has 0 N–H and O–H groups in total. The highest BCUT2D eigenvalue weighted by atomic mass is 32.1. The lowest BCUT2D eigenvalue weighted by Gasteiger charge is -2.20. The summed E-state index contributed by atoms with van der Waals surface area (Å²) >= 11 is 4.66. The van der Waals surface area contributed by atoms with Crippen molar-refractivity contribution in [2.45, 2.75) is 44.5 Å². The first-order valence-electron chi connectivity index (χ1n) is 5.64. The Hall–Kier alpha value is -0.0000000000000000555. The van der Waals surface area contributed by atoms with Crippen molar-refractivity contribution in [1.82, 2.24) is 0 Å². The average Bonchev–Trinajstić information content (AvgIpc) is 2.14. The zero-order valence-electron chi connectivity index (χ0n) is 11.1. The van der Waals surface area contributed by atoms with Crippen LogP contribution in [0.25, 0.3) is 0 Å². The molecule has 0 amide bonds. The Kier molecular flexibility index (Phi) is 6.07. The van der Waals surface area contributed by atoms with Gasteiger partial charge in [0, 0.05) is 9.90 Å². The lowest BCUT2D eigenvalue weighted by molar-refractivity contribution is 0.755. The SMILES string of the molecule is C=CC(C)(P)/C=C\C(C)(S)/C=C(\C)C(C)C. The van der Waals surface area contributed by atoms with E-state index in [9.17, 15) is 0 Å². The first-order valence-corrected chi connectivity index (χ1v) is 6.67. The van der Waals surface area contributed by atoms with E-state index in [1.165, 1.54) is 5.57 Å². The second-order valence-electron chi connectivity index (χ2n) is 5.17. The Labute approximate surface area is 109 Å². The second kappa shape index (κ2) is 6.07. The van der Waals surface area contributed by atoms with Gasteiger partial charge in [-0.25, -0.2) is 0 Å². The van der Waals surface area contributed by atoms with E-state index < -0.39 is 0 Å². The normalized spacial score (nSPS) is 20.9. The molecule has 0 rings (SSSR count). The van der Waals surface area contributed by atoms with Crippen LogP contribution < -0.4 is 0 Å². The Morgan fingerprint density at radius 3 is 2.19 bits per heavy atom. The van der Waals surface area contributed by atoms with Gasteiger partial charge in [-0.1, -0.05) is 43.7 Å². The van der Waals surface area contributed by atoms with Crippen molar-refractivity contribution < 1.29 is 0 Å². The Morgan fingerprint density at radius 1 is 1.31 bits per heavy atom. The number of rotatable bonds is 5. The molecule has 0 bridgehead atoms. The lowest BCUT2D eigenvalue weighted by Crippen LogP contribution is -2.14. The van der Waals surface area contributed by atoms with Gasteiger partial charge in [-0.3, -0.25) is 0 Å². The van der Waals surface area contributed by atoms with Crippen LogP contribution >= 0.6 is 21.9 Å². The Morgan fingerprint density at radius 2 is 1.81 bits per heavy atom. The molecule has 0 saturated carbocycles. The molecule has 0 aromatic carbocycles. The molecule has 0 nitrogen and oxygen atoms in total. The first kappa shape index (κ1) is 16.0. The van der Waals surface area contributed by atoms with Gasteiger partial charge >= 0.3 is 0 Å². The summed E-state index contributed by atoms with van der Waals surface area (Å²) in [6.07, 6.45) is 8.37. The number of hydrogen-bond donors (Lipinski definition) is 1. The standard InChI is InChI=1S/C14H25PS/c1-7-13(5,15)8-9-14(6,16)10-12(4)11(2)3/h7-11,16H,1,15H2,2-6H3/b9-8-,12-10+. The van der Waals surface area contributed by atoms with Gasteiger partial charge in [0.2, 0.25) is 0 Å². The third-order valence-corrected chi connectivity index (χ3v) is 3.36. The average molecular weight is 256 g/mol. The minimum Gasteiger partial charge on any atom is -0.164 e. The molecule has 3 atom stereocenters.